The Morgan fingerprint density at radius 3 is 1.63 bits per heavy atom. The Morgan fingerprint density at radius 1 is 0.895 bits per heavy atom. The summed E-state index contributed by atoms with van der Waals surface area (Å²) in [5.74, 6) is 0.260. The first-order valence-electron chi connectivity index (χ1n) is 7.34. The number of unbranched alkanes of at least 4 members (excludes halogenated alkanes) is 2. The van der Waals surface area contributed by atoms with Crippen LogP contribution in [0.5, 0.6) is 0 Å². The number of hydrogen-bond acceptors (Lipinski definition) is 3. The molecule has 19 heavy (non-hydrogen) atoms. The van der Waals surface area contributed by atoms with Crippen LogP contribution in [0.3, 0.4) is 0 Å². The number of Topliss-reactive ketones (excluding diaryl/α,β-unsaturated/α-hetero) is 1. The molecule has 0 saturated heterocycles. The molecule has 0 aromatic carbocycles. The van der Waals surface area contributed by atoms with E-state index in [0.717, 1.165) is 38.5 Å². The molecule has 4 heteroatoms. The summed E-state index contributed by atoms with van der Waals surface area (Å²) in [6.07, 6.45) is 6.11. The molecular formula is C15H27O3Sn. The fourth-order valence-electron chi connectivity index (χ4n) is 2.18. The minimum atomic E-state index is -2.80. The first-order chi connectivity index (χ1) is 8.93. The van der Waals surface area contributed by atoms with E-state index in [1.165, 1.54) is 13.8 Å². The normalized spacial score (nSPS) is 11.1. The zero-order chi connectivity index (χ0) is 14.8. The van der Waals surface area contributed by atoms with Crippen molar-refractivity contribution in [1.82, 2.24) is 0 Å². The standard InChI is InChI=1S/C11H21O.2C2H3O.Sn/c1-4-6-8-11(10(3)12)9-7-5-2;2*1-2-3;/h11H,3-9H2,1-2H3;2*1H3;. The van der Waals surface area contributed by atoms with Crippen molar-refractivity contribution in [3.05, 3.63) is 0 Å². The van der Waals surface area contributed by atoms with E-state index in [9.17, 15) is 14.4 Å². The second-order valence-electron chi connectivity index (χ2n) is 5.22. The molecule has 0 N–H and O–H groups in total. The van der Waals surface area contributed by atoms with Crippen LogP contribution in [-0.2, 0) is 14.4 Å². The van der Waals surface area contributed by atoms with Crippen LogP contribution in [0.15, 0.2) is 0 Å². The van der Waals surface area contributed by atoms with Crippen LogP contribution < -0.4 is 0 Å². The fraction of sp³-hybridized carbons (Fsp3) is 0.800. The molecule has 0 amide bonds. The summed E-state index contributed by atoms with van der Waals surface area (Å²) < 4.78 is 0.311. The Bertz CT molecular complexity index is 291. The van der Waals surface area contributed by atoms with Crippen molar-refractivity contribution >= 4 is 33.1 Å². The first kappa shape index (κ1) is 18.8. The molecule has 0 fully saturated rings. The Morgan fingerprint density at radius 2 is 1.32 bits per heavy atom. The van der Waals surface area contributed by atoms with E-state index >= 15 is 0 Å². The average Bonchev–Trinajstić information content (AvgIpc) is 2.35. The van der Waals surface area contributed by atoms with Gasteiger partial charge in [0.15, 0.2) is 0 Å². The molecule has 109 valence electrons. The summed E-state index contributed by atoms with van der Waals surface area (Å²) in [5.41, 5.74) is 0. The molecular weight excluding hydrogens is 347 g/mol. The second-order valence-corrected chi connectivity index (χ2v) is 13.0. The van der Waals surface area contributed by atoms with Crippen LogP contribution in [0.1, 0.15) is 66.2 Å². The number of carbonyl (C=O) groups is 3. The van der Waals surface area contributed by atoms with Crippen LogP contribution >= 0.6 is 0 Å². The molecule has 0 saturated carbocycles. The van der Waals surface area contributed by atoms with Gasteiger partial charge in [-0.15, -0.1) is 0 Å². The zero-order valence-electron chi connectivity index (χ0n) is 12.8. The summed E-state index contributed by atoms with van der Waals surface area (Å²) in [6, 6.07) is 0. The van der Waals surface area contributed by atoms with E-state index in [4.69, 9.17) is 0 Å². The summed E-state index contributed by atoms with van der Waals surface area (Å²) in [6.45, 7) is 7.20. The molecule has 0 aromatic rings. The van der Waals surface area contributed by atoms with E-state index in [-0.39, 0.29) is 19.3 Å². The molecule has 0 heterocycles. The third kappa shape index (κ3) is 7.85. The topological polar surface area (TPSA) is 51.2 Å². The molecule has 1 radical (unpaired) electrons. The zero-order valence-corrected chi connectivity index (χ0v) is 15.6. The summed E-state index contributed by atoms with van der Waals surface area (Å²) in [4.78, 5) is 35.3. The van der Waals surface area contributed by atoms with Crippen LogP contribution in [0.25, 0.3) is 0 Å². The van der Waals surface area contributed by atoms with Gasteiger partial charge in [-0.2, -0.15) is 0 Å². The molecule has 0 rings (SSSR count). The van der Waals surface area contributed by atoms with Crippen molar-refractivity contribution in [3.63, 3.8) is 0 Å². The van der Waals surface area contributed by atoms with Gasteiger partial charge < -0.3 is 0 Å². The molecule has 0 aliphatic heterocycles. The van der Waals surface area contributed by atoms with Gasteiger partial charge >= 0.3 is 124 Å². The van der Waals surface area contributed by atoms with E-state index < -0.39 is 19.8 Å². The van der Waals surface area contributed by atoms with Gasteiger partial charge in [0, 0.05) is 0 Å². The number of ketones is 1. The van der Waals surface area contributed by atoms with Gasteiger partial charge in [0.05, 0.1) is 0 Å². The molecule has 0 aromatic heterocycles. The predicted octanol–water partition coefficient (Wildman–Crippen LogP) is 3.30. The van der Waals surface area contributed by atoms with Crippen LogP contribution in [-0.4, -0.2) is 33.1 Å². The maximum atomic E-state index is 12.3. The summed E-state index contributed by atoms with van der Waals surface area (Å²) in [7, 11) is 0. The Balaban J connectivity index is 4.58. The Hall–Kier alpha value is -0.191. The van der Waals surface area contributed by atoms with Gasteiger partial charge in [-0.3, -0.25) is 0 Å². The van der Waals surface area contributed by atoms with Crippen molar-refractivity contribution in [2.45, 2.75) is 70.7 Å². The maximum absolute atomic E-state index is 12.3. The Kier molecular flexibility index (Phi) is 10.5. The molecule has 0 unspecified atom stereocenters. The average molecular weight is 374 g/mol. The Labute approximate surface area is 124 Å². The van der Waals surface area contributed by atoms with E-state index in [1.54, 1.807) is 0 Å². The summed E-state index contributed by atoms with van der Waals surface area (Å²) >= 11 is -2.80. The molecule has 0 atom stereocenters. The monoisotopic (exact) mass is 375 g/mol. The van der Waals surface area contributed by atoms with Crippen LogP contribution in [0.2, 0.25) is 4.44 Å². The molecule has 0 bridgehead atoms. The van der Waals surface area contributed by atoms with Crippen molar-refractivity contribution in [3.8, 4) is 0 Å². The summed E-state index contributed by atoms with van der Waals surface area (Å²) in [5, 5.41) is 0. The third-order valence-corrected chi connectivity index (χ3v) is 10.3. The second kappa shape index (κ2) is 10.6. The van der Waals surface area contributed by atoms with Crippen molar-refractivity contribution < 1.29 is 14.4 Å². The SMILES string of the molecule is CCCCC(CCCC)C(=O)[CH2][Sn]([C](C)=O)[C](C)=O. The molecule has 0 spiro atoms. The number of hydrogen-bond donors (Lipinski definition) is 0. The quantitative estimate of drug-likeness (QED) is 0.522. The molecule has 0 aliphatic rings. The van der Waals surface area contributed by atoms with Gasteiger partial charge in [0.2, 0.25) is 0 Å². The van der Waals surface area contributed by atoms with E-state index in [2.05, 4.69) is 13.8 Å². The van der Waals surface area contributed by atoms with Crippen LogP contribution in [0, 0.1) is 5.92 Å². The first-order valence-corrected chi connectivity index (χ1v) is 12.2. The molecule has 0 aliphatic carbocycles. The third-order valence-electron chi connectivity index (χ3n) is 3.47. The van der Waals surface area contributed by atoms with E-state index in [1.807, 2.05) is 0 Å². The van der Waals surface area contributed by atoms with Gasteiger partial charge in [0.1, 0.15) is 0 Å². The van der Waals surface area contributed by atoms with E-state index in [0.29, 0.717) is 4.44 Å². The van der Waals surface area contributed by atoms with Gasteiger partial charge in [0.25, 0.3) is 0 Å². The minimum absolute atomic E-state index is 0.00739. The number of carbonyl (C=O) groups excluding carboxylic acids is 3. The van der Waals surface area contributed by atoms with Gasteiger partial charge in [-0.1, -0.05) is 0 Å². The van der Waals surface area contributed by atoms with Crippen molar-refractivity contribution in [1.29, 1.82) is 0 Å². The fourth-order valence-corrected chi connectivity index (χ4v) is 6.84. The predicted molar refractivity (Wildman–Crippen MR) is 79.5 cm³/mol. The van der Waals surface area contributed by atoms with Crippen molar-refractivity contribution in [2.24, 2.45) is 5.92 Å². The van der Waals surface area contributed by atoms with Crippen molar-refractivity contribution in [2.75, 3.05) is 0 Å². The van der Waals surface area contributed by atoms with Gasteiger partial charge in [-0.05, 0) is 0 Å². The molecule has 3 nitrogen and oxygen atoms in total. The number of rotatable bonds is 11. The van der Waals surface area contributed by atoms with Gasteiger partial charge in [-0.25, -0.2) is 0 Å². The van der Waals surface area contributed by atoms with Crippen LogP contribution in [0.4, 0.5) is 0 Å².